The lowest BCUT2D eigenvalue weighted by Crippen LogP contribution is -2.32. The zero-order valence-electron chi connectivity index (χ0n) is 11.0. The molecule has 0 aromatic heterocycles. The lowest BCUT2D eigenvalue weighted by Gasteiger charge is -2.29. The van der Waals surface area contributed by atoms with Crippen molar-refractivity contribution in [1.29, 1.82) is 0 Å². The maximum absolute atomic E-state index is 3.54. The van der Waals surface area contributed by atoms with Crippen LogP contribution in [-0.4, -0.2) is 24.0 Å². The maximum atomic E-state index is 3.54. The van der Waals surface area contributed by atoms with Gasteiger partial charge in [0.25, 0.3) is 0 Å². The number of rotatable bonds is 2. The van der Waals surface area contributed by atoms with Gasteiger partial charge in [0.2, 0.25) is 0 Å². The van der Waals surface area contributed by atoms with Gasteiger partial charge in [0.05, 0.1) is 0 Å². The Kier molecular flexibility index (Phi) is 2.58. The molecule has 2 atom stereocenters. The average molecular weight is 242 g/mol. The molecule has 4 rings (SSSR count). The number of piperidine rings is 1. The highest BCUT2D eigenvalue weighted by atomic mass is 15.2. The Labute approximate surface area is 109 Å². The normalized spacial score (nSPS) is 30.2. The lowest BCUT2D eigenvalue weighted by molar-refractivity contribution is 0.205. The first kappa shape index (κ1) is 10.9. The molecule has 3 aliphatic rings. The number of likely N-dealkylation sites (tertiary alicyclic amines) is 1. The summed E-state index contributed by atoms with van der Waals surface area (Å²) in [5.41, 5.74) is 4.56. The Hall–Kier alpha value is -1.02. The van der Waals surface area contributed by atoms with E-state index in [0.29, 0.717) is 0 Å². The van der Waals surface area contributed by atoms with Crippen molar-refractivity contribution in [1.82, 2.24) is 4.90 Å². The van der Waals surface area contributed by atoms with Gasteiger partial charge in [-0.3, -0.25) is 4.90 Å². The molecule has 2 aliphatic heterocycles. The summed E-state index contributed by atoms with van der Waals surface area (Å²) < 4.78 is 0. The van der Waals surface area contributed by atoms with Crippen molar-refractivity contribution in [3.63, 3.8) is 0 Å². The van der Waals surface area contributed by atoms with Gasteiger partial charge in [-0.05, 0) is 55.2 Å². The quantitative estimate of drug-likeness (QED) is 0.857. The second kappa shape index (κ2) is 4.27. The highest BCUT2D eigenvalue weighted by Crippen LogP contribution is 2.39. The second-order valence-corrected chi connectivity index (χ2v) is 6.24. The second-order valence-electron chi connectivity index (χ2n) is 6.24. The molecule has 2 heterocycles. The van der Waals surface area contributed by atoms with E-state index < -0.39 is 0 Å². The van der Waals surface area contributed by atoms with Crippen molar-refractivity contribution in [2.75, 3.05) is 18.4 Å². The number of benzene rings is 1. The molecular weight excluding hydrogens is 220 g/mol. The smallest absolute Gasteiger partial charge is 0.0375 e. The van der Waals surface area contributed by atoms with E-state index in [-0.39, 0.29) is 0 Å². The molecule has 2 unspecified atom stereocenters. The first-order chi connectivity index (χ1) is 8.90. The summed E-state index contributed by atoms with van der Waals surface area (Å²) in [7, 11) is 0. The van der Waals surface area contributed by atoms with Crippen LogP contribution in [0.5, 0.6) is 0 Å². The van der Waals surface area contributed by atoms with E-state index in [1.165, 1.54) is 50.9 Å². The van der Waals surface area contributed by atoms with Crippen LogP contribution in [0.25, 0.3) is 0 Å². The van der Waals surface area contributed by atoms with Crippen molar-refractivity contribution < 1.29 is 0 Å². The number of anilines is 1. The van der Waals surface area contributed by atoms with E-state index in [1.54, 1.807) is 11.1 Å². The van der Waals surface area contributed by atoms with E-state index in [0.717, 1.165) is 18.5 Å². The number of hydrogen-bond acceptors (Lipinski definition) is 2. The molecule has 0 amide bonds. The van der Waals surface area contributed by atoms with Gasteiger partial charge in [0, 0.05) is 31.4 Å². The van der Waals surface area contributed by atoms with E-state index >= 15 is 0 Å². The zero-order chi connectivity index (χ0) is 11.9. The van der Waals surface area contributed by atoms with Gasteiger partial charge in [-0.25, -0.2) is 0 Å². The fraction of sp³-hybridized carbons (Fsp3) is 0.625. The summed E-state index contributed by atoms with van der Waals surface area (Å²) in [5, 5.41) is 3.54. The molecule has 1 saturated heterocycles. The van der Waals surface area contributed by atoms with Gasteiger partial charge >= 0.3 is 0 Å². The van der Waals surface area contributed by atoms with E-state index in [2.05, 4.69) is 28.4 Å². The van der Waals surface area contributed by atoms with Gasteiger partial charge in [-0.2, -0.15) is 0 Å². The molecule has 0 radical (unpaired) electrons. The van der Waals surface area contributed by atoms with Gasteiger partial charge in [-0.1, -0.05) is 12.1 Å². The van der Waals surface area contributed by atoms with Gasteiger partial charge < -0.3 is 5.32 Å². The molecule has 18 heavy (non-hydrogen) atoms. The topological polar surface area (TPSA) is 15.3 Å². The SMILES string of the molecule is c1cc(CN2CC3CCC2C3)c2c(c1)NCCC2. The van der Waals surface area contributed by atoms with Crippen molar-refractivity contribution in [3.05, 3.63) is 29.3 Å². The number of nitrogens with zero attached hydrogens (tertiary/aromatic N) is 1. The molecule has 96 valence electrons. The summed E-state index contributed by atoms with van der Waals surface area (Å²) in [6.07, 6.45) is 6.94. The van der Waals surface area contributed by atoms with Crippen LogP contribution < -0.4 is 5.32 Å². The average Bonchev–Trinajstić information content (AvgIpc) is 3.01. The molecular formula is C16H22N2. The molecule has 1 N–H and O–H groups in total. The zero-order valence-corrected chi connectivity index (χ0v) is 11.0. The Morgan fingerprint density at radius 1 is 1.28 bits per heavy atom. The molecule has 2 fully saturated rings. The fourth-order valence-electron chi connectivity index (χ4n) is 4.17. The minimum atomic E-state index is 0.891. The predicted octanol–water partition coefficient (Wildman–Crippen LogP) is 3.03. The third kappa shape index (κ3) is 1.74. The first-order valence-corrected chi connectivity index (χ1v) is 7.49. The first-order valence-electron chi connectivity index (χ1n) is 7.49. The van der Waals surface area contributed by atoms with E-state index in [1.807, 2.05) is 0 Å². The third-order valence-electron chi connectivity index (χ3n) is 5.09. The molecule has 1 aromatic rings. The monoisotopic (exact) mass is 242 g/mol. The highest BCUT2D eigenvalue weighted by Gasteiger charge is 2.37. The fourth-order valence-corrected chi connectivity index (χ4v) is 4.17. The van der Waals surface area contributed by atoms with Crippen molar-refractivity contribution >= 4 is 5.69 Å². The van der Waals surface area contributed by atoms with Crippen LogP contribution in [0.2, 0.25) is 0 Å². The Balaban J connectivity index is 1.58. The third-order valence-corrected chi connectivity index (χ3v) is 5.09. The molecule has 1 aromatic carbocycles. The van der Waals surface area contributed by atoms with E-state index in [4.69, 9.17) is 0 Å². The Bertz CT molecular complexity index is 454. The summed E-state index contributed by atoms with van der Waals surface area (Å²) in [4.78, 5) is 2.73. The van der Waals surface area contributed by atoms with Crippen LogP contribution in [-0.2, 0) is 13.0 Å². The summed E-state index contributed by atoms with van der Waals surface area (Å²) in [6, 6.07) is 7.70. The summed E-state index contributed by atoms with van der Waals surface area (Å²) >= 11 is 0. The van der Waals surface area contributed by atoms with E-state index in [9.17, 15) is 0 Å². The van der Waals surface area contributed by atoms with Crippen molar-refractivity contribution in [2.45, 2.75) is 44.7 Å². The molecule has 2 heteroatoms. The Morgan fingerprint density at radius 3 is 3.11 bits per heavy atom. The van der Waals surface area contributed by atoms with Crippen LogP contribution in [0.15, 0.2) is 18.2 Å². The highest BCUT2D eigenvalue weighted by molar-refractivity contribution is 5.56. The van der Waals surface area contributed by atoms with Crippen molar-refractivity contribution in [3.8, 4) is 0 Å². The number of hydrogen-bond donors (Lipinski definition) is 1. The molecule has 1 saturated carbocycles. The van der Waals surface area contributed by atoms with Crippen LogP contribution >= 0.6 is 0 Å². The molecule has 2 bridgehead atoms. The largest absolute Gasteiger partial charge is 0.385 e. The maximum Gasteiger partial charge on any atom is 0.0375 e. The summed E-state index contributed by atoms with van der Waals surface area (Å²) in [6.45, 7) is 3.68. The molecule has 1 aliphatic carbocycles. The lowest BCUT2D eigenvalue weighted by atomic mass is 9.97. The summed E-state index contributed by atoms with van der Waals surface area (Å²) in [5.74, 6) is 1.01. The predicted molar refractivity (Wildman–Crippen MR) is 74.8 cm³/mol. The van der Waals surface area contributed by atoms with Gasteiger partial charge in [0.15, 0.2) is 0 Å². The molecule has 2 nitrogen and oxygen atoms in total. The minimum absolute atomic E-state index is 0.891. The number of fused-ring (bicyclic) bond motifs is 3. The minimum Gasteiger partial charge on any atom is -0.385 e. The van der Waals surface area contributed by atoms with Crippen LogP contribution in [0.3, 0.4) is 0 Å². The van der Waals surface area contributed by atoms with Crippen molar-refractivity contribution in [2.24, 2.45) is 5.92 Å². The van der Waals surface area contributed by atoms with Gasteiger partial charge in [-0.15, -0.1) is 0 Å². The van der Waals surface area contributed by atoms with Gasteiger partial charge in [0.1, 0.15) is 0 Å². The van der Waals surface area contributed by atoms with Crippen LogP contribution in [0, 0.1) is 5.92 Å². The van der Waals surface area contributed by atoms with Crippen LogP contribution in [0.4, 0.5) is 5.69 Å². The Morgan fingerprint density at radius 2 is 2.28 bits per heavy atom. The van der Waals surface area contributed by atoms with Crippen LogP contribution in [0.1, 0.15) is 36.8 Å². The molecule has 0 spiro atoms. The number of nitrogens with one attached hydrogen (secondary N) is 1. The standard InChI is InChI=1S/C16H22N2/c1-3-13(15-4-2-8-17-16(15)5-1)11-18-10-12-6-7-14(18)9-12/h1,3,5,12,14,17H,2,4,6-11H2.